The predicted molar refractivity (Wildman–Crippen MR) is 114 cm³/mol. The van der Waals surface area contributed by atoms with Crippen LogP contribution in [-0.4, -0.2) is 31.8 Å². The van der Waals surface area contributed by atoms with E-state index in [9.17, 15) is 14.4 Å². The molecular weight excluding hydrogens is 408 g/mol. The molecule has 0 saturated heterocycles. The van der Waals surface area contributed by atoms with Crippen LogP contribution in [0.15, 0.2) is 35.1 Å². The summed E-state index contributed by atoms with van der Waals surface area (Å²) >= 11 is 6.34. The number of nitrogens with one attached hydrogen (secondary N) is 3. The number of fused-ring (bicyclic) bond motifs is 1. The lowest BCUT2D eigenvalue weighted by Crippen LogP contribution is -2.41. The summed E-state index contributed by atoms with van der Waals surface area (Å²) in [5.74, 6) is -1.22. The number of carbonyl (C=O) groups excluding carboxylic acids is 2. The summed E-state index contributed by atoms with van der Waals surface area (Å²) in [4.78, 5) is 36.3. The number of amides is 2. The summed E-state index contributed by atoms with van der Waals surface area (Å²) in [5, 5.41) is 11.6. The molecule has 0 spiro atoms. The highest BCUT2D eigenvalue weighted by Crippen LogP contribution is 2.21. The van der Waals surface area contributed by atoms with Crippen molar-refractivity contribution >= 4 is 40.3 Å². The minimum Gasteiger partial charge on any atom is -0.268 e. The lowest BCUT2D eigenvalue weighted by atomic mass is 10.1. The summed E-state index contributed by atoms with van der Waals surface area (Å²) in [6.45, 7) is 4.59. The number of aromatic amines is 1. The fourth-order valence-corrected chi connectivity index (χ4v) is 3.20. The van der Waals surface area contributed by atoms with Gasteiger partial charge < -0.3 is 0 Å². The summed E-state index contributed by atoms with van der Waals surface area (Å²) in [7, 11) is 0. The topological polar surface area (TPSA) is 122 Å². The third-order valence-corrected chi connectivity index (χ3v) is 4.84. The number of nitrogens with zero attached hydrogens (tertiary/aromatic N) is 3. The number of carbonyl (C=O) groups is 2. The Morgan fingerprint density at radius 1 is 1.23 bits per heavy atom. The van der Waals surface area contributed by atoms with Crippen LogP contribution in [-0.2, 0) is 11.3 Å². The normalized spacial score (nSPS) is 11.2. The van der Waals surface area contributed by atoms with Gasteiger partial charge in [-0.05, 0) is 25.5 Å². The maximum atomic E-state index is 12.4. The number of rotatable bonds is 6. The van der Waals surface area contributed by atoms with Gasteiger partial charge in [-0.3, -0.25) is 29.9 Å². The zero-order valence-corrected chi connectivity index (χ0v) is 17.3. The maximum Gasteiger partial charge on any atom is 0.290 e. The van der Waals surface area contributed by atoms with Crippen molar-refractivity contribution in [1.82, 2.24) is 30.8 Å². The molecule has 0 radical (unpaired) electrons. The average Bonchev–Trinajstić information content (AvgIpc) is 3.02. The van der Waals surface area contributed by atoms with Crippen LogP contribution < -0.4 is 16.4 Å². The van der Waals surface area contributed by atoms with Gasteiger partial charge in [0.25, 0.3) is 17.4 Å². The van der Waals surface area contributed by atoms with Crippen molar-refractivity contribution in [2.75, 3.05) is 0 Å². The number of halogens is 1. The molecule has 0 aliphatic rings. The van der Waals surface area contributed by atoms with Crippen molar-refractivity contribution in [1.29, 1.82) is 0 Å². The Kier molecular flexibility index (Phi) is 6.63. The second-order valence-electron chi connectivity index (χ2n) is 6.59. The van der Waals surface area contributed by atoms with E-state index in [0.717, 1.165) is 12.8 Å². The zero-order valence-electron chi connectivity index (χ0n) is 16.5. The molecule has 10 heteroatoms. The molecule has 0 aliphatic heterocycles. The Morgan fingerprint density at radius 2 is 1.97 bits per heavy atom. The molecule has 9 nitrogen and oxygen atoms in total. The third-order valence-electron chi connectivity index (χ3n) is 4.44. The molecule has 1 aromatic carbocycles. The SMILES string of the molecule is CCCCn1nc(C)c(/C=C/C(=O)NNC(=O)c2n[nH]c(=O)c3ccccc23)c1Cl. The van der Waals surface area contributed by atoms with Crippen molar-refractivity contribution in [3.8, 4) is 0 Å². The molecule has 0 atom stereocenters. The number of aryl methyl sites for hydroxylation is 2. The van der Waals surface area contributed by atoms with Gasteiger partial charge in [0.05, 0.1) is 11.1 Å². The highest BCUT2D eigenvalue weighted by Gasteiger charge is 2.15. The second-order valence-corrected chi connectivity index (χ2v) is 6.95. The van der Waals surface area contributed by atoms with E-state index in [1.54, 1.807) is 41.9 Å². The fraction of sp³-hybridized carbons (Fsp3) is 0.250. The summed E-state index contributed by atoms with van der Waals surface area (Å²) in [6, 6.07) is 6.56. The number of unbranched alkanes of at least 4 members (excludes halogenated alkanes) is 1. The third kappa shape index (κ3) is 4.57. The molecule has 3 aromatic rings. The zero-order chi connectivity index (χ0) is 21.7. The van der Waals surface area contributed by atoms with Crippen LogP contribution >= 0.6 is 11.6 Å². The largest absolute Gasteiger partial charge is 0.290 e. The molecular formula is C20H21ClN6O3. The monoisotopic (exact) mass is 428 g/mol. The van der Waals surface area contributed by atoms with Gasteiger partial charge in [0.2, 0.25) is 0 Å². The second kappa shape index (κ2) is 9.36. The van der Waals surface area contributed by atoms with Crippen molar-refractivity contribution in [2.24, 2.45) is 0 Å². The molecule has 0 aliphatic carbocycles. The van der Waals surface area contributed by atoms with Gasteiger partial charge in [-0.2, -0.15) is 10.2 Å². The molecule has 0 unspecified atom stereocenters. The first-order chi connectivity index (χ1) is 14.4. The van der Waals surface area contributed by atoms with Gasteiger partial charge in [-0.1, -0.05) is 43.1 Å². The van der Waals surface area contributed by atoms with E-state index < -0.39 is 17.4 Å². The van der Waals surface area contributed by atoms with Crippen LogP contribution in [0.5, 0.6) is 0 Å². The summed E-state index contributed by atoms with van der Waals surface area (Å²) in [5.41, 5.74) is 5.50. The molecule has 0 fully saturated rings. The van der Waals surface area contributed by atoms with Gasteiger partial charge in [0.1, 0.15) is 5.15 Å². The van der Waals surface area contributed by atoms with E-state index >= 15 is 0 Å². The quantitative estimate of drug-likeness (QED) is 0.411. The lowest BCUT2D eigenvalue weighted by molar-refractivity contribution is -0.117. The summed E-state index contributed by atoms with van der Waals surface area (Å²) < 4.78 is 1.70. The van der Waals surface area contributed by atoms with Gasteiger partial charge in [0.15, 0.2) is 5.69 Å². The number of benzene rings is 1. The van der Waals surface area contributed by atoms with Gasteiger partial charge >= 0.3 is 0 Å². The standard InChI is InChI=1S/C20H21ClN6O3/c1-3-4-11-27-18(21)13(12(2)26-27)9-10-16(28)22-25-20(30)17-14-7-5-6-8-15(14)19(29)24-23-17/h5-10H,3-4,11H2,1-2H3,(H,22,28)(H,24,29)(H,25,30)/b10-9+. The van der Waals surface area contributed by atoms with Crippen LogP contribution in [0.25, 0.3) is 16.8 Å². The van der Waals surface area contributed by atoms with Gasteiger partial charge in [-0.15, -0.1) is 0 Å². The van der Waals surface area contributed by atoms with E-state index in [0.29, 0.717) is 33.7 Å². The molecule has 2 aromatic heterocycles. The maximum absolute atomic E-state index is 12.4. The van der Waals surface area contributed by atoms with Crippen LogP contribution in [0, 0.1) is 6.92 Å². The van der Waals surface area contributed by atoms with Crippen LogP contribution in [0.4, 0.5) is 0 Å². The number of hydrogen-bond donors (Lipinski definition) is 3. The van der Waals surface area contributed by atoms with Crippen molar-refractivity contribution in [3.05, 3.63) is 62.8 Å². The minimum absolute atomic E-state index is 0.00873. The van der Waals surface area contributed by atoms with Crippen LogP contribution in [0.1, 0.15) is 41.5 Å². The van der Waals surface area contributed by atoms with Crippen molar-refractivity contribution in [3.63, 3.8) is 0 Å². The highest BCUT2D eigenvalue weighted by molar-refractivity contribution is 6.31. The Hall–Kier alpha value is -3.46. The predicted octanol–water partition coefficient (Wildman–Crippen LogP) is 2.36. The fourth-order valence-electron chi connectivity index (χ4n) is 2.88. The Labute approximate surface area is 177 Å². The Bertz CT molecular complexity index is 1180. The average molecular weight is 429 g/mol. The molecule has 156 valence electrons. The number of hydrazine groups is 1. The van der Waals surface area contributed by atoms with Gasteiger partial charge in [-0.25, -0.2) is 5.10 Å². The van der Waals surface area contributed by atoms with Crippen LogP contribution in [0.2, 0.25) is 5.15 Å². The minimum atomic E-state index is -0.661. The van der Waals surface area contributed by atoms with E-state index in [1.165, 1.54) is 6.08 Å². The van der Waals surface area contributed by atoms with Crippen LogP contribution in [0.3, 0.4) is 0 Å². The first kappa shape index (κ1) is 21.3. The Balaban J connectivity index is 1.67. The lowest BCUT2D eigenvalue weighted by Gasteiger charge is -2.06. The molecule has 0 saturated carbocycles. The molecule has 3 N–H and O–H groups in total. The van der Waals surface area contributed by atoms with Crippen molar-refractivity contribution < 1.29 is 9.59 Å². The molecule has 30 heavy (non-hydrogen) atoms. The van der Waals surface area contributed by atoms with E-state index in [-0.39, 0.29) is 5.69 Å². The number of aromatic nitrogens is 4. The first-order valence-corrected chi connectivity index (χ1v) is 9.79. The van der Waals surface area contributed by atoms with E-state index in [4.69, 9.17) is 11.6 Å². The van der Waals surface area contributed by atoms with Crippen molar-refractivity contribution in [2.45, 2.75) is 33.2 Å². The molecule has 2 amide bonds. The smallest absolute Gasteiger partial charge is 0.268 e. The summed E-state index contributed by atoms with van der Waals surface area (Å²) in [6.07, 6.45) is 4.76. The van der Waals surface area contributed by atoms with Gasteiger partial charge in [0, 0.05) is 23.6 Å². The Morgan fingerprint density at radius 3 is 2.70 bits per heavy atom. The molecule has 2 heterocycles. The van der Waals surface area contributed by atoms with E-state index in [2.05, 4.69) is 33.1 Å². The van der Waals surface area contributed by atoms with E-state index in [1.807, 2.05) is 0 Å². The number of H-pyrrole nitrogens is 1. The first-order valence-electron chi connectivity index (χ1n) is 9.41. The highest BCUT2D eigenvalue weighted by atomic mass is 35.5. The number of hydrogen-bond acceptors (Lipinski definition) is 5. The molecule has 3 rings (SSSR count). The molecule has 0 bridgehead atoms.